The molecule has 1 aliphatic rings. The Kier molecular flexibility index (Phi) is 5.33. The van der Waals surface area contributed by atoms with Gasteiger partial charge in [-0.2, -0.15) is 0 Å². The van der Waals surface area contributed by atoms with Crippen molar-refractivity contribution in [2.45, 2.75) is 38.6 Å². The number of esters is 1. The summed E-state index contributed by atoms with van der Waals surface area (Å²) in [5.74, 6) is -0.0665. The van der Waals surface area contributed by atoms with Crippen LogP contribution >= 0.6 is 0 Å². The van der Waals surface area contributed by atoms with Crippen LogP contribution in [-0.2, 0) is 16.0 Å². The number of carbonyl (C=O) groups is 1. The van der Waals surface area contributed by atoms with E-state index in [2.05, 4.69) is 9.88 Å². The van der Waals surface area contributed by atoms with Gasteiger partial charge in [0, 0.05) is 24.9 Å². The number of pyridine rings is 1. The first kappa shape index (κ1) is 14.0. The zero-order valence-corrected chi connectivity index (χ0v) is 11.5. The second-order valence-electron chi connectivity index (χ2n) is 4.87. The van der Waals surface area contributed by atoms with E-state index in [-0.39, 0.29) is 12.0 Å². The Labute approximate surface area is 114 Å². The van der Waals surface area contributed by atoms with Gasteiger partial charge in [0.25, 0.3) is 0 Å². The topological polar surface area (TPSA) is 42.4 Å². The van der Waals surface area contributed by atoms with E-state index in [1.165, 1.54) is 0 Å². The number of rotatable bonds is 5. The summed E-state index contributed by atoms with van der Waals surface area (Å²) in [6.45, 7) is 4.18. The molecule has 2 rings (SSSR count). The predicted octanol–water partition coefficient (Wildman–Crippen LogP) is 2.04. The van der Waals surface area contributed by atoms with E-state index in [9.17, 15) is 4.79 Å². The average molecular weight is 262 g/mol. The Bertz CT molecular complexity index is 394. The Hall–Kier alpha value is -1.42. The highest BCUT2D eigenvalue weighted by Crippen LogP contribution is 2.18. The summed E-state index contributed by atoms with van der Waals surface area (Å²) in [5, 5.41) is 0. The first-order chi connectivity index (χ1) is 9.31. The first-order valence-electron chi connectivity index (χ1n) is 7.12. The molecule has 0 amide bonds. The molecular formula is C15H22N2O2. The second-order valence-corrected chi connectivity index (χ2v) is 4.87. The molecule has 4 heteroatoms. The molecule has 0 radical (unpaired) electrons. The molecule has 1 saturated heterocycles. The Morgan fingerprint density at radius 3 is 3.11 bits per heavy atom. The summed E-state index contributed by atoms with van der Waals surface area (Å²) in [6, 6.07) is 5.90. The van der Waals surface area contributed by atoms with Crippen LogP contribution in [-0.4, -0.2) is 41.6 Å². The lowest BCUT2D eigenvalue weighted by molar-refractivity contribution is -0.150. The summed E-state index contributed by atoms with van der Waals surface area (Å²) in [4.78, 5) is 18.5. The number of aromatic nitrogens is 1. The maximum absolute atomic E-state index is 11.9. The first-order valence-corrected chi connectivity index (χ1v) is 7.12. The van der Waals surface area contributed by atoms with Gasteiger partial charge in [-0.05, 0) is 38.4 Å². The maximum Gasteiger partial charge on any atom is 0.323 e. The third kappa shape index (κ3) is 4.03. The molecule has 0 bridgehead atoms. The van der Waals surface area contributed by atoms with Crippen molar-refractivity contribution in [3.05, 3.63) is 30.1 Å². The van der Waals surface area contributed by atoms with Gasteiger partial charge in [-0.3, -0.25) is 14.7 Å². The van der Waals surface area contributed by atoms with Crippen molar-refractivity contribution in [2.24, 2.45) is 0 Å². The van der Waals surface area contributed by atoms with Gasteiger partial charge in [0.2, 0.25) is 0 Å². The molecule has 104 valence electrons. The quantitative estimate of drug-likeness (QED) is 0.762. The van der Waals surface area contributed by atoms with Crippen molar-refractivity contribution in [3.63, 3.8) is 0 Å². The smallest absolute Gasteiger partial charge is 0.323 e. The van der Waals surface area contributed by atoms with Gasteiger partial charge in [-0.15, -0.1) is 0 Å². The maximum atomic E-state index is 11.9. The highest BCUT2D eigenvalue weighted by atomic mass is 16.5. The summed E-state index contributed by atoms with van der Waals surface area (Å²) >= 11 is 0. The monoisotopic (exact) mass is 262 g/mol. The van der Waals surface area contributed by atoms with Crippen molar-refractivity contribution in [1.82, 2.24) is 9.88 Å². The molecule has 1 atom stereocenters. The van der Waals surface area contributed by atoms with Crippen LogP contribution < -0.4 is 0 Å². The molecule has 0 aliphatic carbocycles. The van der Waals surface area contributed by atoms with Crippen molar-refractivity contribution in [2.75, 3.05) is 19.7 Å². The van der Waals surface area contributed by atoms with E-state index in [0.29, 0.717) is 6.61 Å². The molecule has 1 fully saturated rings. The zero-order valence-electron chi connectivity index (χ0n) is 11.5. The fourth-order valence-electron chi connectivity index (χ4n) is 2.57. The van der Waals surface area contributed by atoms with Gasteiger partial charge in [0.1, 0.15) is 6.04 Å². The van der Waals surface area contributed by atoms with Gasteiger partial charge >= 0.3 is 5.97 Å². The molecule has 1 aliphatic heterocycles. The summed E-state index contributed by atoms with van der Waals surface area (Å²) in [7, 11) is 0. The van der Waals surface area contributed by atoms with E-state index in [1.807, 2.05) is 31.3 Å². The van der Waals surface area contributed by atoms with Crippen LogP contribution in [0.3, 0.4) is 0 Å². The van der Waals surface area contributed by atoms with Crippen LogP contribution in [0, 0.1) is 0 Å². The van der Waals surface area contributed by atoms with Crippen LogP contribution in [0.25, 0.3) is 0 Å². The molecule has 1 aromatic rings. The van der Waals surface area contributed by atoms with E-state index in [4.69, 9.17) is 4.74 Å². The normalized spacial score (nSPS) is 20.2. The van der Waals surface area contributed by atoms with Crippen molar-refractivity contribution in [3.8, 4) is 0 Å². The number of hydrogen-bond donors (Lipinski definition) is 0. The third-order valence-corrected chi connectivity index (χ3v) is 3.55. The Morgan fingerprint density at radius 2 is 2.37 bits per heavy atom. The minimum absolute atomic E-state index is 0.0580. The van der Waals surface area contributed by atoms with Crippen molar-refractivity contribution >= 4 is 5.97 Å². The number of piperidine rings is 1. The standard InChI is InChI=1S/C15H22N2O2/c1-2-19-15(18)14-8-4-6-11-17(14)12-9-13-7-3-5-10-16-13/h3,5,7,10,14H,2,4,6,8-9,11-12H2,1H3. The van der Waals surface area contributed by atoms with Gasteiger partial charge in [0.15, 0.2) is 0 Å². The molecule has 2 heterocycles. The van der Waals surface area contributed by atoms with Crippen LogP contribution in [0.1, 0.15) is 31.9 Å². The number of likely N-dealkylation sites (tertiary alicyclic amines) is 1. The lowest BCUT2D eigenvalue weighted by Crippen LogP contribution is -2.46. The largest absolute Gasteiger partial charge is 0.465 e. The van der Waals surface area contributed by atoms with E-state index in [1.54, 1.807) is 0 Å². The minimum Gasteiger partial charge on any atom is -0.465 e. The van der Waals surface area contributed by atoms with Crippen molar-refractivity contribution < 1.29 is 9.53 Å². The van der Waals surface area contributed by atoms with Crippen LogP contribution in [0.2, 0.25) is 0 Å². The Morgan fingerprint density at radius 1 is 1.47 bits per heavy atom. The zero-order chi connectivity index (χ0) is 13.5. The SMILES string of the molecule is CCOC(=O)C1CCCCN1CCc1ccccn1. The van der Waals surface area contributed by atoms with E-state index >= 15 is 0 Å². The average Bonchev–Trinajstić information content (AvgIpc) is 2.47. The van der Waals surface area contributed by atoms with Gasteiger partial charge in [-0.1, -0.05) is 12.5 Å². The molecule has 1 aromatic heterocycles. The molecule has 1 unspecified atom stereocenters. The fraction of sp³-hybridized carbons (Fsp3) is 0.600. The number of hydrogen-bond acceptors (Lipinski definition) is 4. The summed E-state index contributed by atoms with van der Waals surface area (Å²) < 4.78 is 5.17. The highest BCUT2D eigenvalue weighted by Gasteiger charge is 2.29. The molecule has 0 aromatic carbocycles. The molecular weight excluding hydrogens is 240 g/mol. The molecule has 0 saturated carbocycles. The van der Waals surface area contributed by atoms with Crippen molar-refractivity contribution in [1.29, 1.82) is 0 Å². The van der Waals surface area contributed by atoms with Gasteiger partial charge in [-0.25, -0.2) is 0 Å². The lowest BCUT2D eigenvalue weighted by Gasteiger charge is -2.33. The second kappa shape index (κ2) is 7.24. The molecule has 0 N–H and O–H groups in total. The van der Waals surface area contributed by atoms with E-state index in [0.717, 1.165) is 44.5 Å². The van der Waals surface area contributed by atoms with Crippen LogP contribution in [0.15, 0.2) is 24.4 Å². The summed E-state index contributed by atoms with van der Waals surface area (Å²) in [5.41, 5.74) is 1.08. The molecule has 19 heavy (non-hydrogen) atoms. The predicted molar refractivity (Wildman–Crippen MR) is 73.8 cm³/mol. The van der Waals surface area contributed by atoms with Crippen LogP contribution in [0.4, 0.5) is 0 Å². The summed E-state index contributed by atoms with van der Waals surface area (Å²) in [6.07, 6.45) is 5.90. The Balaban J connectivity index is 1.90. The van der Waals surface area contributed by atoms with Gasteiger partial charge in [0.05, 0.1) is 6.61 Å². The van der Waals surface area contributed by atoms with Gasteiger partial charge < -0.3 is 4.74 Å². The molecule has 0 spiro atoms. The molecule has 4 nitrogen and oxygen atoms in total. The number of nitrogens with zero attached hydrogens (tertiary/aromatic N) is 2. The van der Waals surface area contributed by atoms with E-state index < -0.39 is 0 Å². The highest BCUT2D eigenvalue weighted by molar-refractivity contribution is 5.75. The minimum atomic E-state index is -0.0665. The fourth-order valence-corrected chi connectivity index (χ4v) is 2.57. The third-order valence-electron chi connectivity index (χ3n) is 3.55. The number of ether oxygens (including phenoxy) is 1. The van der Waals surface area contributed by atoms with Crippen LogP contribution in [0.5, 0.6) is 0 Å². The lowest BCUT2D eigenvalue weighted by atomic mass is 10.0. The number of carbonyl (C=O) groups excluding carboxylic acids is 1.